The molecule has 1 aliphatic rings. The van der Waals surface area contributed by atoms with Crippen LogP contribution in [0.3, 0.4) is 0 Å². The number of nitrogens with zero attached hydrogens (tertiary/aromatic N) is 2. The SMILES string of the molecule is Clc1ccc(-c2noc(CC3CCNCC3)n2)cc1. The number of aromatic nitrogens is 2. The molecule has 3 rings (SSSR count). The first-order valence-electron chi connectivity index (χ1n) is 6.60. The van der Waals surface area contributed by atoms with Crippen LogP contribution in [0.2, 0.25) is 5.02 Å². The van der Waals surface area contributed by atoms with Crippen molar-refractivity contribution in [2.75, 3.05) is 13.1 Å². The van der Waals surface area contributed by atoms with Gasteiger partial charge in [0.15, 0.2) is 0 Å². The lowest BCUT2D eigenvalue weighted by molar-refractivity contribution is 0.313. The minimum Gasteiger partial charge on any atom is -0.339 e. The Kier molecular flexibility index (Phi) is 3.80. The normalized spacial score (nSPS) is 16.7. The number of hydrogen-bond donors (Lipinski definition) is 1. The molecular weight excluding hydrogens is 262 g/mol. The standard InChI is InChI=1S/C14H16ClN3O/c15-12-3-1-11(2-4-12)14-17-13(19-18-14)9-10-5-7-16-8-6-10/h1-4,10,16H,5-9H2. The van der Waals surface area contributed by atoms with Crippen molar-refractivity contribution < 1.29 is 4.52 Å². The van der Waals surface area contributed by atoms with E-state index in [-0.39, 0.29) is 0 Å². The van der Waals surface area contributed by atoms with Crippen LogP contribution < -0.4 is 5.32 Å². The van der Waals surface area contributed by atoms with Crippen molar-refractivity contribution >= 4 is 11.6 Å². The van der Waals surface area contributed by atoms with E-state index in [1.165, 1.54) is 12.8 Å². The van der Waals surface area contributed by atoms with Gasteiger partial charge in [-0.15, -0.1) is 0 Å². The summed E-state index contributed by atoms with van der Waals surface area (Å²) in [7, 11) is 0. The fourth-order valence-corrected chi connectivity index (χ4v) is 2.51. The number of nitrogens with one attached hydrogen (secondary N) is 1. The number of benzene rings is 1. The van der Waals surface area contributed by atoms with Gasteiger partial charge >= 0.3 is 0 Å². The molecule has 1 aliphatic heterocycles. The van der Waals surface area contributed by atoms with Gasteiger partial charge in [-0.05, 0) is 56.1 Å². The predicted octanol–water partition coefficient (Wildman–Crippen LogP) is 2.93. The molecule has 0 spiro atoms. The van der Waals surface area contributed by atoms with Gasteiger partial charge in [0.2, 0.25) is 11.7 Å². The molecule has 19 heavy (non-hydrogen) atoms. The zero-order chi connectivity index (χ0) is 13.1. The van der Waals surface area contributed by atoms with E-state index in [1.54, 1.807) is 0 Å². The maximum Gasteiger partial charge on any atom is 0.227 e. The summed E-state index contributed by atoms with van der Waals surface area (Å²) in [5.74, 6) is 2.03. The molecule has 1 aromatic carbocycles. The molecule has 1 N–H and O–H groups in total. The van der Waals surface area contributed by atoms with Crippen LogP contribution in [0.25, 0.3) is 11.4 Å². The van der Waals surface area contributed by atoms with Crippen LogP contribution >= 0.6 is 11.6 Å². The quantitative estimate of drug-likeness (QED) is 0.937. The highest BCUT2D eigenvalue weighted by molar-refractivity contribution is 6.30. The average molecular weight is 278 g/mol. The van der Waals surface area contributed by atoms with Crippen molar-refractivity contribution in [2.24, 2.45) is 5.92 Å². The summed E-state index contributed by atoms with van der Waals surface area (Å²) in [5.41, 5.74) is 0.935. The van der Waals surface area contributed by atoms with E-state index in [4.69, 9.17) is 16.1 Å². The summed E-state index contributed by atoms with van der Waals surface area (Å²) in [4.78, 5) is 4.46. The Morgan fingerprint density at radius 3 is 2.68 bits per heavy atom. The predicted molar refractivity (Wildman–Crippen MR) is 74.0 cm³/mol. The second-order valence-corrected chi connectivity index (χ2v) is 5.35. The molecule has 0 aliphatic carbocycles. The molecule has 1 aromatic heterocycles. The smallest absolute Gasteiger partial charge is 0.227 e. The zero-order valence-corrected chi connectivity index (χ0v) is 11.4. The third-order valence-corrected chi connectivity index (χ3v) is 3.74. The molecule has 4 nitrogen and oxygen atoms in total. The van der Waals surface area contributed by atoms with Crippen LogP contribution in [0.5, 0.6) is 0 Å². The monoisotopic (exact) mass is 277 g/mol. The number of hydrogen-bond acceptors (Lipinski definition) is 4. The van der Waals surface area contributed by atoms with Crippen molar-refractivity contribution in [1.29, 1.82) is 0 Å². The zero-order valence-electron chi connectivity index (χ0n) is 10.6. The molecule has 0 unspecified atom stereocenters. The molecule has 0 radical (unpaired) electrons. The van der Waals surface area contributed by atoms with Gasteiger partial charge in [0.25, 0.3) is 0 Å². The second kappa shape index (κ2) is 5.72. The van der Waals surface area contributed by atoms with Gasteiger partial charge in [-0.3, -0.25) is 0 Å². The Morgan fingerprint density at radius 1 is 1.21 bits per heavy atom. The number of rotatable bonds is 3. The maximum absolute atomic E-state index is 5.86. The summed E-state index contributed by atoms with van der Waals surface area (Å²) in [5, 5.41) is 8.10. The Bertz CT molecular complexity index is 532. The third-order valence-electron chi connectivity index (χ3n) is 3.49. The highest BCUT2D eigenvalue weighted by Gasteiger charge is 2.17. The Morgan fingerprint density at radius 2 is 1.95 bits per heavy atom. The minimum absolute atomic E-state index is 0.639. The van der Waals surface area contributed by atoms with Crippen molar-refractivity contribution in [3.05, 3.63) is 35.2 Å². The highest BCUT2D eigenvalue weighted by atomic mass is 35.5. The van der Waals surface area contributed by atoms with Crippen molar-refractivity contribution in [1.82, 2.24) is 15.5 Å². The van der Waals surface area contributed by atoms with Gasteiger partial charge in [0, 0.05) is 17.0 Å². The maximum atomic E-state index is 5.86. The lowest BCUT2D eigenvalue weighted by atomic mass is 9.95. The van der Waals surface area contributed by atoms with Gasteiger partial charge in [-0.1, -0.05) is 16.8 Å². The minimum atomic E-state index is 0.639. The van der Waals surface area contributed by atoms with Crippen molar-refractivity contribution in [3.63, 3.8) is 0 Å². The van der Waals surface area contributed by atoms with Gasteiger partial charge < -0.3 is 9.84 Å². The van der Waals surface area contributed by atoms with Crippen LogP contribution in [0.15, 0.2) is 28.8 Å². The van der Waals surface area contributed by atoms with Crippen molar-refractivity contribution in [2.45, 2.75) is 19.3 Å². The molecule has 0 atom stereocenters. The van der Waals surface area contributed by atoms with E-state index in [1.807, 2.05) is 24.3 Å². The summed E-state index contributed by atoms with van der Waals surface area (Å²) < 4.78 is 5.34. The molecule has 2 aromatic rings. The highest BCUT2D eigenvalue weighted by Crippen LogP contribution is 2.21. The van der Waals surface area contributed by atoms with Crippen LogP contribution in [0.4, 0.5) is 0 Å². The van der Waals surface area contributed by atoms with Crippen LogP contribution in [0, 0.1) is 5.92 Å². The van der Waals surface area contributed by atoms with E-state index in [9.17, 15) is 0 Å². The summed E-state index contributed by atoms with van der Waals surface area (Å²) in [6, 6.07) is 7.47. The van der Waals surface area contributed by atoms with Gasteiger partial charge in [0.05, 0.1) is 0 Å². The molecule has 1 saturated heterocycles. The molecule has 5 heteroatoms. The lowest BCUT2D eigenvalue weighted by Crippen LogP contribution is -2.28. The Balaban J connectivity index is 1.70. The first-order chi connectivity index (χ1) is 9.31. The number of halogens is 1. The van der Waals surface area contributed by atoms with E-state index >= 15 is 0 Å². The molecule has 100 valence electrons. The topological polar surface area (TPSA) is 51.0 Å². The number of piperidine rings is 1. The summed E-state index contributed by atoms with van der Waals surface area (Å²) in [6.07, 6.45) is 3.24. The molecule has 2 heterocycles. The van der Waals surface area contributed by atoms with Gasteiger partial charge in [-0.25, -0.2) is 0 Å². The molecule has 0 saturated carbocycles. The summed E-state index contributed by atoms with van der Waals surface area (Å²) in [6.45, 7) is 2.17. The van der Waals surface area contributed by atoms with Gasteiger partial charge in [0.1, 0.15) is 0 Å². The first-order valence-corrected chi connectivity index (χ1v) is 6.98. The van der Waals surface area contributed by atoms with Crippen molar-refractivity contribution in [3.8, 4) is 11.4 Å². The van der Waals surface area contributed by atoms with E-state index < -0.39 is 0 Å². The Labute approximate surface area is 117 Å². The second-order valence-electron chi connectivity index (χ2n) is 4.92. The van der Waals surface area contributed by atoms with Crippen LogP contribution in [-0.4, -0.2) is 23.2 Å². The third kappa shape index (κ3) is 3.14. The lowest BCUT2D eigenvalue weighted by Gasteiger charge is -2.20. The molecule has 1 fully saturated rings. The average Bonchev–Trinajstić information content (AvgIpc) is 2.89. The largest absolute Gasteiger partial charge is 0.339 e. The van der Waals surface area contributed by atoms with Gasteiger partial charge in [-0.2, -0.15) is 4.98 Å². The fourth-order valence-electron chi connectivity index (χ4n) is 2.39. The fraction of sp³-hybridized carbons (Fsp3) is 0.429. The first kappa shape index (κ1) is 12.6. The summed E-state index contributed by atoms with van der Waals surface area (Å²) >= 11 is 5.86. The molecule has 0 bridgehead atoms. The molecular formula is C14H16ClN3O. The Hall–Kier alpha value is -1.39. The van der Waals surface area contributed by atoms with E-state index in [0.29, 0.717) is 16.8 Å². The van der Waals surface area contributed by atoms with E-state index in [0.717, 1.165) is 31.0 Å². The molecule has 0 amide bonds. The van der Waals surface area contributed by atoms with E-state index in [2.05, 4.69) is 15.5 Å². The van der Waals surface area contributed by atoms with Crippen LogP contribution in [-0.2, 0) is 6.42 Å². The van der Waals surface area contributed by atoms with Crippen LogP contribution in [0.1, 0.15) is 18.7 Å².